The zero-order valence-corrected chi connectivity index (χ0v) is 27.3. The molecule has 0 aromatic heterocycles. The number of carbonyl (C=O) groups excluding carboxylic acids is 1. The number of hydrogen-bond donors (Lipinski definition) is 1. The first kappa shape index (κ1) is 31.2. The Labute approximate surface area is 283 Å². The molecular weight excluding hydrogens is 633 g/mol. The van der Waals surface area contributed by atoms with E-state index in [0.717, 1.165) is 48.4 Å². The van der Waals surface area contributed by atoms with Crippen LogP contribution < -0.4 is 14.2 Å². The van der Waals surface area contributed by atoms with E-state index in [9.17, 15) is 23.1 Å². The highest BCUT2D eigenvalue weighted by Gasteiger charge is 2.74. The zero-order valence-electron chi connectivity index (χ0n) is 27.3. The summed E-state index contributed by atoms with van der Waals surface area (Å²) in [5.74, 6) is 1.60. The minimum atomic E-state index is -4.75. The molecule has 1 spiro atoms. The predicted octanol–water partition coefficient (Wildman–Crippen LogP) is 6.19. The number of piperidine rings is 1. The standard InChI is InChI=1S/C39H41F3N2O5/c40-39(41,42)49-29-11-8-24(9-12-29)20-28-15-18-44(36(28)45)30-14-16-38(46)32-21-27-10-13-31(47-23-26-4-2-1-3-5-26)34-33(27)37(38,35(30)48-34)17-19-43(32)22-25-6-7-25/h1-5,8-13,25,28,30,32,35,46H,6-7,14-23H2/t28?,30-,32+,35-,37-,38+/m0/s1. The maximum absolute atomic E-state index is 14.1. The van der Waals surface area contributed by atoms with Gasteiger partial charge in [-0.3, -0.25) is 9.69 Å². The van der Waals surface area contributed by atoms with E-state index in [1.807, 2.05) is 41.3 Å². The number of alkyl halides is 3. The van der Waals surface area contributed by atoms with Gasteiger partial charge in [0.1, 0.15) is 18.5 Å². The quantitative estimate of drug-likeness (QED) is 0.292. The topological polar surface area (TPSA) is 71.5 Å². The van der Waals surface area contributed by atoms with E-state index in [0.29, 0.717) is 50.5 Å². The number of hydrogen-bond acceptors (Lipinski definition) is 6. The molecule has 3 aromatic carbocycles. The third-order valence-corrected chi connectivity index (χ3v) is 12.3. The highest BCUT2D eigenvalue weighted by atomic mass is 19.4. The van der Waals surface area contributed by atoms with Crippen molar-refractivity contribution < 1.29 is 37.3 Å². The van der Waals surface area contributed by atoms with Gasteiger partial charge in [-0.2, -0.15) is 0 Å². The molecule has 9 rings (SSSR count). The molecule has 0 radical (unpaired) electrons. The van der Waals surface area contributed by atoms with E-state index in [4.69, 9.17) is 9.47 Å². The highest BCUT2D eigenvalue weighted by molar-refractivity contribution is 5.82. The third-order valence-electron chi connectivity index (χ3n) is 12.3. The highest BCUT2D eigenvalue weighted by Crippen LogP contribution is 2.66. The first-order valence-corrected chi connectivity index (χ1v) is 17.7. The van der Waals surface area contributed by atoms with Crippen LogP contribution in [0.5, 0.6) is 17.2 Å². The smallest absolute Gasteiger partial charge is 0.485 e. The van der Waals surface area contributed by atoms with Gasteiger partial charge in [0.15, 0.2) is 11.5 Å². The van der Waals surface area contributed by atoms with Crippen LogP contribution in [0, 0.1) is 11.8 Å². The normalized spacial score (nSPS) is 31.8. The lowest BCUT2D eigenvalue weighted by atomic mass is 9.48. The molecule has 258 valence electrons. The van der Waals surface area contributed by atoms with E-state index in [-0.39, 0.29) is 29.7 Å². The molecule has 1 amide bonds. The molecule has 3 heterocycles. The van der Waals surface area contributed by atoms with Crippen LogP contribution in [0.2, 0.25) is 0 Å². The molecule has 6 atom stereocenters. The summed E-state index contributed by atoms with van der Waals surface area (Å²) in [5, 5.41) is 13.0. The summed E-state index contributed by atoms with van der Waals surface area (Å²) in [7, 11) is 0. The Bertz CT molecular complexity index is 1750. The summed E-state index contributed by atoms with van der Waals surface area (Å²) in [5.41, 5.74) is 2.51. The van der Waals surface area contributed by atoms with Crippen LogP contribution in [0.15, 0.2) is 66.7 Å². The van der Waals surface area contributed by atoms with Gasteiger partial charge < -0.3 is 24.2 Å². The van der Waals surface area contributed by atoms with Gasteiger partial charge in [0.25, 0.3) is 0 Å². The Morgan fingerprint density at radius 1 is 0.918 bits per heavy atom. The summed E-state index contributed by atoms with van der Waals surface area (Å²) < 4.78 is 55.5. The van der Waals surface area contributed by atoms with Crippen molar-refractivity contribution in [3.63, 3.8) is 0 Å². The van der Waals surface area contributed by atoms with Gasteiger partial charge in [0.2, 0.25) is 5.91 Å². The Kier molecular flexibility index (Phi) is 7.26. The number of nitrogens with zero attached hydrogens (tertiary/aromatic N) is 2. The lowest BCUT2D eigenvalue weighted by Gasteiger charge is -2.64. The molecule has 7 nitrogen and oxygen atoms in total. The minimum Gasteiger partial charge on any atom is -0.485 e. The van der Waals surface area contributed by atoms with Crippen molar-refractivity contribution in [2.75, 3.05) is 19.6 Å². The number of ether oxygens (including phenoxy) is 3. The molecular formula is C39H41F3N2O5. The van der Waals surface area contributed by atoms with Crippen molar-refractivity contribution in [1.29, 1.82) is 0 Å². The number of rotatable bonds is 9. The average Bonchev–Trinajstić information content (AvgIpc) is 3.73. The minimum absolute atomic E-state index is 0.00485. The summed E-state index contributed by atoms with van der Waals surface area (Å²) in [6, 6.07) is 19.8. The van der Waals surface area contributed by atoms with Gasteiger partial charge in [0.05, 0.1) is 17.1 Å². The number of amides is 1. The zero-order chi connectivity index (χ0) is 33.5. The fourth-order valence-corrected chi connectivity index (χ4v) is 10.0. The van der Waals surface area contributed by atoms with Crippen LogP contribution in [0.4, 0.5) is 13.2 Å². The van der Waals surface area contributed by atoms with E-state index in [2.05, 4.69) is 15.7 Å². The molecule has 1 N–H and O–H groups in total. The second-order valence-corrected chi connectivity index (χ2v) is 15.1. The number of likely N-dealkylation sites (tertiary alicyclic amines) is 2. The van der Waals surface area contributed by atoms with E-state index in [1.54, 1.807) is 12.1 Å². The van der Waals surface area contributed by atoms with E-state index in [1.165, 1.54) is 30.5 Å². The molecule has 10 heteroatoms. The van der Waals surface area contributed by atoms with Crippen molar-refractivity contribution in [3.8, 4) is 17.2 Å². The molecule has 3 aliphatic carbocycles. The molecule has 2 saturated carbocycles. The Balaban J connectivity index is 1.02. The fraction of sp³-hybridized carbons (Fsp3) is 0.513. The summed E-state index contributed by atoms with van der Waals surface area (Å²) in [6.07, 6.45) is 1.21. The maximum Gasteiger partial charge on any atom is 0.573 e. The third kappa shape index (κ3) is 5.11. The van der Waals surface area contributed by atoms with Gasteiger partial charge in [-0.25, -0.2) is 0 Å². The van der Waals surface area contributed by atoms with Crippen molar-refractivity contribution in [2.45, 2.75) is 93.5 Å². The summed E-state index contributed by atoms with van der Waals surface area (Å²) in [4.78, 5) is 18.7. The van der Waals surface area contributed by atoms with Crippen molar-refractivity contribution >= 4 is 5.91 Å². The second kappa shape index (κ2) is 11.4. The maximum atomic E-state index is 14.1. The predicted molar refractivity (Wildman–Crippen MR) is 174 cm³/mol. The van der Waals surface area contributed by atoms with Gasteiger partial charge in [-0.15, -0.1) is 13.2 Å². The molecule has 3 aromatic rings. The van der Waals surface area contributed by atoms with Crippen LogP contribution >= 0.6 is 0 Å². The first-order valence-electron chi connectivity index (χ1n) is 17.7. The van der Waals surface area contributed by atoms with Crippen LogP contribution in [-0.4, -0.2) is 70.6 Å². The van der Waals surface area contributed by atoms with Crippen LogP contribution in [-0.2, 0) is 29.7 Å². The Hall–Kier alpha value is -3.76. The van der Waals surface area contributed by atoms with Gasteiger partial charge in [-0.1, -0.05) is 48.5 Å². The lowest BCUT2D eigenvalue weighted by molar-refractivity contribution is -0.274. The van der Waals surface area contributed by atoms with Crippen LogP contribution in [0.1, 0.15) is 60.8 Å². The monoisotopic (exact) mass is 674 g/mol. The average molecular weight is 675 g/mol. The van der Waals surface area contributed by atoms with Gasteiger partial charge in [-0.05, 0) is 98.7 Å². The number of carbonyl (C=O) groups is 1. The summed E-state index contributed by atoms with van der Waals surface area (Å²) in [6.45, 7) is 2.88. The molecule has 4 fully saturated rings. The first-order chi connectivity index (χ1) is 23.6. The van der Waals surface area contributed by atoms with Gasteiger partial charge in [0, 0.05) is 30.6 Å². The number of aliphatic hydroxyl groups is 1. The lowest BCUT2D eigenvalue weighted by Crippen LogP contribution is -2.78. The molecule has 3 aliphatic heterocycles. The van der Waals surface area contributed by atoms with Crippen molar-refractivity contribution in [1.82, 2.24) is 9.80 Å². The Morgan fingerprint density at radius 2 is 1.71 bits per heavy atom. The largest absolute Gasteiger partial charge is 0.573 e. The van der Waals surface area contributed by atoms with Gasteiger partial charge >= 0.3 is 6.36 Å². The molecule has 2 bridgehead atoms. The number of halogens is 3. The SMILES string of the molecule is O=C1C(Cc2ccc(OC(F)(F)F)cc2)CCN1[C@H]1CC[C@@]2(O)[C@H]3Cc4ccc(OCc5ccccc5)c5c4[C@@]2(CCN3CC2CC2)[C@H]1O5. The van der Waals surface area contributed by atoms with E-state index < -0.39 is 23.5 Å². The van der Waals surface area contributed by atoms with E-state index >= 15 is 0 Å². The molecule has 2 saturated heterocycles. The molecule has 49 heavy (non-hydrogen) atoms. The van der Waals surface area contributed by atoms with Crippen LogP contribution in [0.25, 0.3) is 0 Å². The fourth-order valence-electron chi connectivity index (χ4n) is 10.0. The summed E-state index contributed by atoms with van der Waals surface area (Å²) >= 11 is 0. The van der Waals surface area contributed by atoms with Crippen molar-refractivity contribution in [3.05, 3.63) is 89.0 Å². The molecule has 1 unspecified atom stereocenters. The molecule has 6 aliphatic rings. The van der Waals surface area contributed by atoms with Crippen LogP contribution in [0.3, 0.4) is 0 Å². The number of benzene rings is 3. The van der Waals surface area contributed by atoms with Crippen molar-refractivity contribution in [2.24, 2.45) is 11.8 Å². The second-order valence-electron chi connectivity index (χ2n) is 15.1. The Morgan fingerprint density at radius 3 is 2.47 bits per heavy atom.